The molecule has 0 saturated carbocycles. The summed E-state index contributed by atoms with van der Waals surface area (Å²) in [7, 11) is 0. The lowest BCUT2D eigenvalue weighted by molar-refractivity contribution is -0.120. The number of amides is 2. The minimum atomic E-state index is -0.421. The van der Waals surface area contributed by atoms with Crippen molar-refractivity contribution in [3.63, 3.8) is 0 Å². The molecule has 0 bridgehead atoms. The Balaban J connectivity index is 1.80. The molecule has 0 radical (unpaired) electrons. The number of hydrogen-bond acceptors (Lipinski definition) is 3. The molecule has 0 unspecified atom stereocenters. The van der Waals surface area contributed by atoms with Gasteiger partial charge in [0, 0.05) is 20.6 Å². The summed E-state index contributed by atoms with van der Waals surface area (Å²) in [4.78, 5) is 23.5. The molecule has 0 saturated heterocycles. The Bertz CT molecular complexity index is 732. The zero-order valence-corrected chi connectivity index (χ0v) is 14.3. The van der Waals surface area contributed by atoms with Crippen LogP contribution in [0.1, 0.15) is 15.9 Å². The number of nitrogens with one attached hydrogen (secondary N) is 2. The van der Waals surface area contributed by atoms with Gasteiger partial charge in [-0.25, -0.2) is 5.43 Å². The SMILES string of the molecule is O=C(CNC(=O)c1ccc(Cl)cc1)N/N=C\c1ccccc1Br. The summed E-state index contributed by atoms with van der Waals surface area (Å²) in [6.07, 6.45) is 1.52. The Morgan fingerprint density at radius 3 is 2.52 bits per heavy atom. The monoisotopic (exact) mass is 393 g/mol. The number of nitrogens with zero attached hydrogens (tertiary/aromatic N) is 1. The number of rotatable bonds is 5. The molecule has 2 N–H and O–H groups in total. The van der Waals surface area contributed by atoms with Crippen LogP contribution in [0.15, 0.2) is 58.1 Å². The number of carbonyl (C=O) groups is 2. The van der Waals surface area contributed by atoms with Crippen molar-refractivity contribution in [1.29, 1.82) is 0 Å². The maximum atomic E-state index is 11.8. The summed E-state index contributed by atoms with van der Waals surface area (Å²) in [6, 6.07) is 13.8. The van der Waals surface area contributed by atoms with Crippen molar-refractivity contribution in [2.75, 3.05) is 6.54 Å². The molecule has 23 heavy (non-hydrogen) atoms. The Labute approximate surface area is 146 Å². The average molecular weight is 395 g/mol. The molecule has 0 aliphatic rings. The third-order valence-electron chi connectivity index (χ3n) is 2.81. The van der Waals surface area contributed by atoms with Crippen LogP contribution in [0.25, 0.3) is 0 Å². The van der Waals surface area contributed by atoms with Crippen molar-refractivity contribution in [2.45, 2.75) is 0 Å². The fourth-order valence-electron chi connectivity index (χ4n) is 1.66. The second-order valence-corrected chi connectivity index (χ2v) is 5.80. The molecule has 0 aliphatic heterocycles. The fraction of sp³-hybridized carbons (Fsp3) is 0.0625. The molecule has 0 aliphatic carbocycles. The molecule has 118 valence electrons. The van der Waals surface area contributed by atoms with Crippen LogP contribution in [-0.4, -0.2) is 24.6 Å². The van der Waals surface area contributed by atoms with Crippen LogP contribution in [0.3, 0.4) is 0 Å². The van der Waals surface area contributed by atoms with Gasteiger partial charge in [0.2, 0.25) is 0 Å². The third-order valence-corrected chi connectivity index (χ3v) is 3.79. The molecule has 2 rings (SSSR count). The summed E-state index contributed by atoms with van der Waals surface area (Å²) in [6.45, 7) is -0.172. The maximum absolute atomic E-state index is 11.8. The maximum Gasteiger partial charge on any atom is 0.259 e. The van der Waals surface area contributed by atoms with Crippen LogP contribution >= 0.6 is 27.5 Å². The van der Waals surface area contributed by atoms with Crippen LogP contribution in [0.4, 0.5) is 0 Å². The molecule has 0 spiro atoms. The molecular formula is C16H13BrClN3O2. The lowest BCUT2D eigenvalue weighted by Gasteiger charge is -2.04. The first-order valence-corrected chi connectivity index (χ1v) is 7.83. The highest BCUT2D eigenvalue weighted by molar-refractivity contribution is 9.10. The van der Waals surface area contributed by atoms with Crippen molar-refractivity contribution in [1.82, 2.24) is 10.7 Å². The quantitative estimate of drug-likeness (QED) is 0.604. The first kappa shape index (κ1) is 17.2. The molecule has 0 fully saturated rings. The lowest BCUT2D eigenvalue weighted by atomic mass is 10.2. The van der Waals surface area contributed by atoms with E-state index in [9.17, 15) is 9.59 Å². The first-order chi connectivity index (χ1) is 11.1. The second-order valence-electron chi connectivity index (χ2n) is 4.50. The summed E-state index contributed by atoms with van der Waals surface area (Å²) >= 11 is 9.12. The second kappa shape index (κ2) is 8.45. The largest absolute Gasteiger partial charge is 0.343 e. The molecule has 2 aromatic carbocycles. The van der Waals surface area contributed by atoms with Crippen LogP contribution in [0, 0.1) is 0 Å². The highest BCUT2D eigenvalue weighted by Gasteiger charge is 2.07. The van der Waals surface area contributed by atoms with Gasteiger partial charge < -0.3 is 5.32 Å². The number of halogens is 2. The molecule has 0 atom stereocenters. The molecule has 2 aromatic rings. The number of benzene rings is 2. The van der Waals surface area contributed by atoms with Gasteiger partial charge in [0.05, 0.1) is 12.8 Å². The van der Waals surface area contributed by atoms with Gasteiger partial charge in [-0.15, -0.1) is 0 Å². The van der Waals surface area contributed by atoms with Crippen LogP contribution < -0.4 is 10.7 Å². The zero-order valence-electron chi connectivity index (χ0n) is 11.9. The van der Waals surface area contributed by atoms with E-state index in [-0.39, 0.29) is 12.5 Å². The van der Waals surface area contributed by atoms with Gasteiger partial charge in [0.1, 0.15) is 0 Å². The standard InChI is InChI=1S/C16H13BrClN3O2/c17-14-4-2-1-3-12(14)9-20-21-15(22)10-19-16(23)11-5-7-13(18)8-6-11/h1-9H,10H2,(H,19,23)(H,21,22)/b20-9-. The Hall–Kier alpha value is -2.18. The van der Waals surface area contributed by atoms with Crippen molar-refractivity contribution in [2.24, 2.45) is 5.10 Å². The van der Waals surface area contributed by atoms with Gasteiger partial charge in [-0.3, -0.25) is 9.59 Å². The van der Waals surface area contributed by atoms with Crippen LogP contribution in [0.5, 0.6) is 0 Å². The predicted octanol–water partition coefficient (Wildman–Crippen LogP) is 2.98. The van der Waals surface area contributed by atoms with Gasteiger partial charge in [-0.2, -0.15) is 5.10 Å². The van der Waals surface area contributed by atoms with E-state index >= 15 is 0 Å². The fourth-order valence-corrected chi connectivity index (χ4v) is 2.17. The molecule has 2 amide bonds. The van der Waals surface area contributed by atoms with Gasteiger partial charge in [-0.1, -0.05) is 45.7 Å². The van der Waals surface area contributed by atoms with Gasteiger partial charge in [0.25, 0.3) is 11.8 Å². The lowest BCUT2D eigenvalue weighted by Crippen LogP contribution is -2.34. The van der Waals surface area contributed by atoms with E-state index in [0.29, 0.717) is 10.6 Å². The molecule has 0 aromatic heterocycles. The molecule has 5 nitrogen and oxygen atoms in total. The summed E-state index contributed by atoms with van der Waals surface area (Å²) < 4.78 is 0.869. The number of hydrazone groups is 1. The third kappa shape index (κ3) is 5.50. The Kier molecular flexibility index (Phi) is 6.31. The van der Waals surface area contributed by atoms with E-state index in [1.165, 1.54) is 6.21 Å². The highest BCUT2D eigenvalue weighted by atomic mass is 79.9. The number of hydrogen-bond donors (Lipinski definition) is 2. The summed E-state index contributed by atoms with van der Waals surface area (Å²) in [5.41, 5.74) is 3.61. The first-order valence-electron chi connectivity index (χ1n) is 6.66. The highest BCUT2D eigenvalue weighted by Crippen LogP contribution is 2.13. The Morgan fingerprint density at radius 1 is 1.13 bits per heavy atom. The van der Waals surface area contributed by atoms with E-state index < -0.39 is 5.91 Å². The van der Waals surface area contributed by atoms with Crippen molar-refractivity contribution in [3.05, 3.63) is 69.2 Å². The van der Waals surface area contributed by atoms with E-state index in [1.54, 1.807) is 24.3 Å². The summed E-state index contributed by atoms with van der Waals surface area (Å²) in [5.74, 6) is -0.776. The molecule has 7 heteroatoms. The number of carbonyl (C=O) groups excluding carboxylic acids is 2. The minimum Gasteiger partial charge on any atom is -0.343 e. The smallest absolute Gasteiger partial charge is 0.259 e. The topological polar surface area (TPSA) is 70.6 Å². The van der Waals surface area contributed by atoms with E-state index in [4.69, 9.17) is 11.6 Å². The normalized spacial score (nSPS) is 10.5. The predicted molar refractivity (Wildman–Crippen MR) is 93.7 cm³/mol. The van der Waals surface area contributed by atoms with Gasteiger partial charge >= 0.3 is 0 Å². The minimum absolute atomic E-state index is 0.172. The van der Waals surface area contributed by atoms with Crippen molar-refractivity contribution < 1.29 is 9.59 Å². The van der Waals surface area contributed by atoms with E-state index in [2.05, 4.69) is 31.8 Å². The van der Waals surface area contributed by atoms with Crippen LogP contribution in [-0.2, 0) is 4.79 Å². The van der Waals surface area contributed by atoms with Crippen LogP contribution in [0.2, 0.25) is 5.02 Å². The summed E-state index contributed by atoms with van der Waals surface area (Å²) in [5, 5.41) is 6.88. The van der Waals surface area contributed by atoms with Gasteiger partial charge in [0.15, 0.2) is 0 Å². The zero-order chi connectivity index (χ0) is 16.7. The van der Waals surface area contributed by atoms with Gasteiger partial charge in [-0.05, 0) is 30.3 Å². The van der Waals surface area contributed by atoms with Crippen molar-refractivity contribution >= 4 is 45.6 Å². The molecule has 0 heterocycles. The average Bonchev–Trinajstić information content (AvgIpc) is 2.55. The van der Waals surface area contributed by atoms with E-state index in [1.807, 2.05) is 24.3 Å². The van der Waals surface area contributed by atoms with E-state index in [0.717, 1.165) is 10.0 Å². The molecular weight excluding hydrogens is 382 g/mol. The van der Waals surface area contributed by atoms with Crippen molar-refractivity contribution in [3.8, 4) is 0 Å². The Morgan fingerprint density at radius 2 is 1.83 bits per heavy atom.